The van der Waals surface area contributed by atoms with Crippen LogP contribution in [-0.2, 0) is 0 Å². The molecule has 1 N–H and O–H groups in total. The Morgan fingerprint density at radius 1 is 1.00 bits per heavy atom. The molecule has 0 aromatic heterocycles. The molecule has 122 valence electrons. The molecule has 1 heterocycles. The minimum absolute atomic E-state index is 0.0371. The highest BCUT2D eigenvalue weighted by atomic mass is 16.5. The van der Waals surface area contributed by atoms with E-state index in [9.17, 15) is 5.11 Å². The summed E-state index contributed by atoms with van der Waals surface area (Å²) >= 11 is 0. The van der Waals surface area contributed by atoms with Gasteiger partial charge in [-0.3, -0.25) is 0 Å². The highest BCUT2D eigenvalue weighted by molar-refractivity contribution is 5.46. The molecule has 4 heteroatoms. The molecule has 0 saturated heterocycles. The van der Waals surface area contributed by atoms with E-state index in [0.717, 1.165) is 22.6 Å². The van der Waals surface area contributed by atoms with Crippen molar-refractivity contribution in [2.75, 3.05) is 20.3 Å². The van der Waals surface area contributed by atoms with Crippen LogP contribution in [0.1, 0.15) is 31.1 Å². The van der Waals surface area contributed by atoms with Crippen LogP contribution in [0.25, 0.3) is 0 Å². The lowest BCUT2D eigenvalue weighted by atomic mass is 9.97. The van der Waals surface area contributed by atoms with Crippen molar-refractivity contribution in [3.8, 4) is 17.2 Å². The molecule has 3 rings (SSSR count). The Labute approximate surface area is 136 Å². The summed E-state index contributed by atoms with van der Waals surface area (Å²) < 4.78 is 16.9. The molecule has 0 bridgehead atoms. The molecule has 2 aromatic rings. The summed E-state index contributed by atoms with van der Waals surface area (Å²) in [5.41, 5.74) is 1.50. The molecule has 1 aliphatic rings. The average molecular weight is 314 g/mol. The molecular formula is C19H22O4. The monoisotopic (exact) mass is 314 g/mol. The number of hydrogen-bond acceptors (Lipinski definition) is 4. The molecule has 0 spiro atoms. The number of hydrogen-bond donors (Lipinski definition) is 1. The summed E-state index contributed by atoms with van der Waals surface area (Å²) in [6.07, 6.45) is -0.740. The van der Waals surface area contributed by atoms with Gasteiger partial charge in [0.2, 0.25) is 0 Å². The first-order valence-corrected chi connectivity index (χ1v) is 7.70. The van der Waals surface area contributed by atoms with E-state index >= 15 is 0 Å². The van der Waals surface area contributed by atoms with Crippen molar-refractivity contribution in [1.82, 2.24) is 0 Å². The van der Waals surface area contributed by atoms with Gasteiger partial charge in [0.05, 0.1) is 20.3 Å². The number of aliphatic hydroxyl groups is 1. The van der Waals surface area contributed by atoms with Gasteiger partial charge in [-0.15, -0.1) is 0 Å². The van der Waals surface area contributed by atoms with E-state index in [-0.39, 0.29) is 5.41 Å². The van der Waals surface area contributed by atoms with Crippen molar-refractivity contribution in [2.24, 2.45) is 5.41 Å². The van der Waals surface area contributed by atoms with Crippen LogP contribution >= 0.6 is 0 Å². The summed E-state index contributed by atoms with van der Waals surface area (Å²) in [6, 6.07) is 13.0. The van der Waals surface area contributed by atoms with Gasteiger partial charge in [-0.2, -0.15) is 0 Å². The van der Waals surface area contributed by atoms with Crippen LogP contribution in [-0.4, -0.2) is 25.4 Å². The summed E-state index contributed by atoms with van der Waals surface area (Å²) in [5, 5.41) is 10.6. The Balaban J connectivity index is 1.88. The lowest BCUT2D eigenvalue weighted by Gasteiger charge is -2.19. The van der Waals surface area contributed by atoms with E-state index in [4.69, 9.17) is 14.2 Å². The van der Waals surface area contributed by atoms with E-state index in [2.05, 4.69) is 13.8 Å². The minimum Gasteiger partial charge on any atom is -0.497 e. The first kappa shape index (κ1) is 15.7. The molecule has 4 nitrogen and oxygen atoms in total. The second-order valence-electron chi connectivity index (χ2n) is 6.63. The first-order valence-electron chi connectivity index (χ1n) is 7.70. The van der Waals surface area contributed by atoms with E-state index in [0.29, 0.717) is 19.0 Å². The number of benzene rings is 2. The second kappa shape index (κ2) is 6.13. The highest BCUT2D eigenvalue weighted by Crippen LogP contribution is 2.37. The maximum Gasteiger partial charge on any atom is 0.161 e. The number of methoxy groups -OCH3 is 1. The van der Waals surface area contributed by atoms with Gasteiger partial charge in [0, 0.05) is 5.41 Å². The quantitative estimate of drug-likeness (QED) is 0.941. The molecule has 23 heavy (non-hydrogen) atoms. The largest absolute Gasteiger partial charge is 0.497 e. The maximum absolute atomic E-state index is 10.6. The lowest BCUT2D eigenvalue weighted by Crippen LogP contribution is -2.26. The van der Waals surface area contributed by atoms with E-state index in [1.807, 2.05) is 42.5 Å². The number of ether oxygens (including phenoxy) is 3. The SMILES string of the molecule is COc1cccc([C@H](O)c2ccc3c(c2)OCC(C)(C)CO3)c1. The zero-order valence-electron chi connectivity index (χ0n) is 13.7. The topological polar surface area (TPSA) is 47.9 Å². The molecule has 0 unspecified atom stereocenters. The van der Waals surface area contributed by atoms with Crippen molar-refractivity contribution >= 4 is 0 Å². The number of aliphatic hydroxyl groups excluding tert-OH is 1. The molecule has 0 aliphatic carbocycles. The summed E-state index contributed by atoms with van der Waals surface area (Å²) in [5.74, 6) is 2.12. The smallest absolute Gasteiger partial charge is 0.161 e. The summed E-state index contributed by atoms with van der Waals surface area (Å²) in [6.45, 7) is 5.40. The van der Waals surface area contributed by atoms with E-state index < -0.39 is 6.10 Å². The maximum atomic E-state index is 10.6. The van der Waals surface area contributed by atoms with Crippen molar-refractivity contribution in [3.63, 3.8) is 0 Å². The number of fused-ring (bicyclic) bond motifs is 1. The lowest BCUT2D eigenvalue weighted by molar-refractivity contribution is 0.140. The van der Waals surface area contributed by atoms with Crippen molar-refractivity contribution < 1.29 is 19.3 Å². The van der Waals surface area contributed by atoms with E-state index in [1.54, 1.807) is 7.11 Å². The Kier molecular flexibility index (Phi) is 4.18. The van der Waals surface area contributed by atoms with Crippen LogP contribution in [0.2, 0.25) is 0 Å². The fraction of sp³-hybridized carbons (Fsp3) is 0.368. The average Bonchev–Trinajstić information content (AvgIpc) is 2.72. The molecule has 0 saturated carbocycles. The fourth-order valence-corrected chi connectivity index (χ4v) is 2.52. The normalized spacial score (nSPS) is 17.2. The van der Waals surface area contributed by atoms with Gasteiger partial charge in [-0.1, -0.05) is 32.0 Å². The van der Waals surface area contributed by atoms with Gasteiger partial charge in [0.15, 0.2) is 11.5 Å². The predicted octanol–water partition coefficient (Wildman–Crippen LogP) is 3.57. The molecule has 0 fully saturated rings. The van der Waals surface area contributed by atoms with Crippen LogP contribution in [0.15, 0.2) is 42.5 Å². The molecule has 1 atom stereocenters. The fourth-order valence-electron chi connectivity index (χ4n) is 2.52. The van der Waals surface area contributed by atoms with Crippen LogP contribution in [0.4, 0.5) is 0 Å². The van der Waals surface area contributed by atoms with Crippen LogP contribution in [0.5, 0.6) is 17.2 Å². The van der Waals surface area contributed by atoms with Crippen molar-refractivity contribution in [3.05, 3.63) is 53.6 Å². The Morgan fingerprint density at radius 3 is 2.43 bits per heavy atom. The highest BCUT2D eigenvalue weighted by Gasteiger charge is 2.26. The Bertz CT molecular complexity index is 694. The Morgan fingerprint density at radius 2 is 1.70 bits per heavy atom. The number of rotatable bonds is 3. The standard InChI is InChI=1S/C19H22O4/c1-19(2)11-22-16-8-7-14(10-17(16)23-12-19)18(20)13-5-4-6-15(9-13)21-3/h4-10,18,20H,11-12H2,1-3H3/t18-/m0/s1. The molecule has 0 amide bonds. The van der Waals surface area contributed by atoms with Gasteiger partial charge in [0.25, 0.3) is 0 Å². The molecule has 2 aromatic carbocycles. The first-order chi connectivity index (χ1) is 11.0. The second-order valence-corrected chi connectivity index (χ2v) is 6.63. The summed E-state index contributed by atoms with van der Waals surface area (Å²) in [7, 11) is 1.61. The molecular weight excluding hydrogens is 292 g/mol. The predicted molar refractivity (Wildman–Crippen MR) is 88.3 cm³/mol. The third-order valence-corrected chi connectivity index (χ3v) is 3.93. The Hall–Kier alpha value is -2.20. The zero-order chi connectivity index (χ0) is 16.4. The minimum atomic E-state index is -0.740. The van der Waals surface area contributed by atoms with Crippen molar-refractivity contribution in [2.45, 2.75) is 20.0 Å². The molecule has 1 aliphatic heterocycles. The molecule has 0 radical (unpaired) electrons. The van der Waals surface area contributed by atoms with Crippen LogP contribution in [0, 0.1) is 5.41 Å². The van der Waals surface area contributed by atoms with Gasteiger partial charge in [0.1, 0.15) is 11.9 Å². The van der Waals surface area contributed by atoms with Gasteiger partial charge in [-0.05, 0) is 35.4 Å². The van der Waals surface area contributed by atoms with E-state index in [1.165, 1.54) is 0 Å². The van der Waals surface area contributed by atoms with Crippen LogP contribution < -0.4 is 14.2 Å². The van der Waals surface area contributed by atoms with Crippen molar-refractivity contribution in [1.29, 1.82) is 0 Å². The van der Waals surface area contributed by atoms with Gasteiger partial charge in [-0.25, -0.2) is 0 Å². The third kappa shape index (κ3) is 3.42. The summed E-state index contributed by atoms with van der Waals surface area (Å²) in [4.78, 5) is 0. The third-order valence-electron chi connectivity index (χ3n) is 3.93. The zero-order valence-corrected chi connectivity index (χ0v) is 13.7. The van der Waals surface area contributed by atoms with Crippen LogP contribution in [0.3, 0.4) is 0 Å². The van der Waals surface area contributed by atoms with Gasteiger partial charge >= 0.3 is 0 Å². The van der Waals surface area contributed by atoms with Gasteiger partial charge < -0.3 is 19.3 Å².